The molecule has 2 rings (SSSR count). The highest BCUT2D eigenvalue weighted by Gasteiger charge is 2.37. The lowest BCUT2D eigenvalue weighted by Crippen LogP contribution is -2.34. The Balaban J connectivity index is 2.68. The Morgan fingerprint density at radius 3 is 2.67 bits per heavy atom. The van der Waals surface area contributed by atoms with Crippen LogP contribution < -0.4 is 0 Å². The van der Waals surface area contributed by atoms with Gasteiger partial charge in [-0.05, 0) is 52.8 Å². The monoisotopic (exact) mass is 308 g/mol. The van der Waals surface area contributed by atoms with E-state index in [0.29, 0.717) is 17.5 Å². The van der Waals surface area contributed by atoms with Crippen molar-refractivity contribution in [3.8, 4) is 0 Å². The van der Waals surface area contributed by atoms with Gasteiger partial charge in [-0.15, -0.1) is 0 Å². The molecule has 21 heavy (non-hydrogen) atoms. The number of nitrogens with zero attached hydrogens (tertiary/aromatic N) is 2. The molecule has 0 aliphatic rings. The highest BCUT2D eigenvalue weighted by atomic mass is 35.5. The van der Waals surface area contributed by atoms with Gasteiger partial charge in [0.1, 0.15) is 11.2 Å². The molecule has 5 heteroatoms. The van der Waals surface area contributed by atoms with E-state index in [1.165, 1.54) is 0 Å². The molecule has 0 spiro atoms. The molecule has 0 fully saturated rings. The van der Waals surface area contributed by atoms with Crippen molar-refractivity contribution in [1.29, 1.82) is 0 Å². The van der Waals surface area contributed by atoms with Crippen LogP contribution in [0.2, 0.25) is 5.02 Å². The maximum atomic E-state index is 12.3. The van der Waals surface area contributed by atoms with Crippen LogP contribution >= 0.6 is 11.6 Å². The summed E-state index contributed by atoms with van der Waals surface area (Å²) in [5, 5.41) is 0.657. The Bertz CT molecular complexity index is 674. The summed E-state index contributed by atoms with van der Waals surface area (Å²) in [5.41, 5.74) is 0.955. The fourth-order valence-corrected chi connectivity index (χ4v) is 2.60. The maximum Gasteiger partial charge on any atom is 0.319 e. The molecule has 1 heterocycles. The lowest BCUT2D eigenvalue weighted by Gasteiger charge is -2.24. The lowest BCUT2D eigenvalue weighted by atomic mass is 9.92. The van der Waals surface area contributed by atoms with Gasteiger partial charge in [0.2, 0.25) is 0 Å². The van der Waals surface area contributed by atoms with E-state index >= 15 is 0 Å². The van der Waals surface area contributed by atoms with Gasteiger partial charge in [0.05, 0.1) is 17.6 Å². The molecule has 0 N–H and O–H groups in total. The van der Waals surface area contributed by atoms with E-state index in [9.17, 15) is 4.79 Å². The minimum Gasteiger partial charge on any atom is -0.465 e. The van der Waals surface area contributed by atoms with E-state index in [1.54, 1.807) is 6.92 Å². The Labute approximate surface area is 130 Å². The molecule has 0 aliphatic heterocycles. The maximum absolute atomic E-state index is 12.3. The molecule has 0 atom stereocenters. The molecule has 0 saturated carbocycles. The topological polar surface area (TPSA) is 44.1 Å². The molecule has 2 aromatic rings. The summed E-state index contributed by atoms with van der Waals surface area (Å²) in [6.45, 7) is 9.97. The zero-order valence-electron chi connectivity index (χ0n) is 13.1. The number of carbonyl (C=O) groups excluding carboxylic acids is 1. The first kappa shape index (κ1) is 15.8. The van der Waals surface area contributed by atoms with Gasteiger partial charge in [0.25, 0.3) is 0 Å². The molecule has 114 valence electrons. The van der Waals surface area contributed by atoms with Crippen molar-refractivity contribution in [2.75, 3.05) is 6.61 Å². The van der Waals surface area contributed by atoms with E-state index in [0.717, 1.165) is 11.0 Å². The van der Waals surface area contributed by atoms with E-state index < -0.39 is 5.41 Å². The second kappa shape index (κ2) is 5.68. The van der Waals surface area contributed by atoms with Crippen LogP contribution in [0, 0.1) is 0 Å². The number of hydrogen-bond acceptors (Lipinski definition) is 3. The van der Waals surface area contributed by atoms with Crippen molar-refractivity contribution >= 4 is 28.6 Å². The van der Waals surface area contributed by atoms with Gasteiger partial charge in [-0.25, -0.2) is 4.98 Å². The molecular weight excluding hydrogens is 288 g/mol. The highest BCUT2D eigenvalue weighted by molar-refractivity contribution is 6.31. The second-order valence-corrected chi connectivity index (χ2v) is 6.31. The van der Waals surface area contributed by atoms with E-state index in [2.05, 4.69) is 23.4 Å². The largest absolute Gasteiger partial charge is 0.465 e. The third-order valence-corrected chi connectivity index (χ3v) is 3.75. The summed E-state index contributed by atoms with van der Waals surface area (Å²) in [7, 11) is 0. The van der Waals surface area contributed by atoms with Crippen LogP contribution in [-0.2, 0) is 14.9 Å². The Morgan fingerprint density at radius 2 is 2.10 bits per heavy atom. The third kappa shape index (κ3) is 2.77. The number of esters is 1. The molecule has 0 bridgehead atoms. The number of aromatic nitrogens is 2. The van der Waals surface area contributed by atoms with Gasteiger partial charge in [0, 0.05) is 11.1 Å². The number of halogens is 1. The van der Waals surface area contributed by atoms with E-state index in [1.807, 2.05) is 32.0 Å². The Morgan fingerprint density at radius 1 is 1.43 bits per heavy atom. The van der Waals surface area contributed by atoms with Crippen LogP contribution in [0.5, 0.6) is 0 Å². The summed E-state index contributed by atoms with van der Waals surface area (Å²) in [6, 6.07) is 5.73. The smallest absolute Gasteiger partial charge is 0.319 e. The molecule has 0 amide bonds. The van der Waals surface area contributed by atoms with E-state index in [-0.39, 0.29) is 12.0 Å². The first-order valence-corrected chi connectivity index (χ1v) is 7.52. The van der Waals surface area contributed by atoms with Gasteiger partial charge in [-0.3, -0.25) is 4.79 Å². The molecule has 1 aromatic carbocycles. The number of benzene rings is 1. The quantitative estimate of drug-likeness (QED) is 0.798. The Hall–Kier alpha value is -1.55. The summed E-state index contributed by atoms with van der Waals surface area (Å²) < 4.78 is 7.25. The fourth-order valence-electron chi connectivity index (χ4n) is 2.43. The summed E-state index contributed by atoms with van der Waals surface area (Å²) in [5.74, 6) is 0.432. The van der Waals surface area contributed by atoms with Gasteiger partial charge in [0.15, 0.2) is 0 Å². The van der Waals surface area contributed by atoms with Crippen molar-refractivity contribution in [3.63, 3.8) is 0 Å². The van der Waals surface area contributed by atoms with Crippen molar-refractivity contribution < 1.29 is 9.53 Å². The fraction of sp³-hybridized carbons (Fsp3) is 0.500. The van der Waals surface area contributed by atoms with Gasteiger partial charge < -0.3 is 9.30 Å². The molecular formula is C16H21ClN2O2. The number of rotatable bonds is 4. The molecule has 0 radical (unpaired) electrons. The van der Waals surface area contributed by atoms with Crippen molar-refractivity contribution in [1.82, 2.24) is 9.55 Å². The second-order valence-electron chi connectivity index (χ2n) is 5.88. The van der Waals surface area contributed by atoms with Crippen molar-refractivity contribution in [2.24, 2.45) is 0 Å². The molecule has 1 aromatic heterocycles. The van der Waals surface area contributed by atoms with Crippen LogP contribution in [0.4, 0.5) is 0 Å². The number of carbonyl (C=O) groups is 1. The average Bonchev–Trinajstić information content (AvgIpc) is 2.78. The molecule has 0 unspecified atom stereocenters. The molecule has 0 saturated heterocycles. The first-order chi connectivity index (χ1) is 9.78. The summed E-state index contributed by atoms with van der Waals surface area (Å²) in [6.07, 6.45) is 0. The first-order valence-electron chi connectivity index (χ1n) is 7.14. The Kier molecular flexibility index (Phi) is 4.28. The summed E-state index contributed by atoms with van der Waals surface area (Å²) >= 11 is 6.10. The number of hydrogen-bond donors (Lipinski definition) is 0. The normalized spacial score (nSPS) is 12.1. The van der Waals surface area contributed by atoms with Crippen LogP contribution in [0.15, 0.2) is 18.2 Å². The van der Waals surface area contributed by atoms with Gasteiger partial charge >= 0.3 is 5.97 Å². The van der Waals surface area contributed by atoms with Gasteiger partial charge in [-0.1, -0.05) is 11.6 Å². The number of fused-ring (bicyclic) bond motifs is 1. The van der Waals surface area contributed by atoms with Crippen LogP contribution in [0.1, 0.15) is 46.5 Å². The predicted octanol–water partition coefficient (Wildman–Crippen LogP) is 4.11. The number of imidazole rings is 1. The van der Waals surface area contributed by atoms with Crippen LogP contribution in [0.3, 0.4) is 0 Å². The number of ether oxygens (including phenoxy) is 1. The average molecular weight is 309 g/mol. The zero-order chi connectivity index (χ0) is 15.8. The third-order valence-electron chi connectivity index (χ3n) is 3.51. The van der Waals surface area contributed by atoms with Crippen LogP contribution in [-0.4, -0.2) is 22.1 Å². The van der Waals surface area contributed by atoms with E-state index in [4.69, 9.17) is 16.3 Å². The molecule has 0 aliphatic carbocycles. The molecule has 4 nitrogen and oxygen atoms in total. The SMILES string of the molecule is CCOC(=O)C(C)(C)c1nc2ccc(Cl)cc2n1C(C)C. The minimum absolute atomic E-state index is 0.164. The standard InChI is InChI=1S/C16H21ClN2O2/c1-6-21-15(20)16(4,5)14-18-12-8-7-11(17)9-13(12)19(14)10(2)3/h7-10H,6H2,1-5H3. The lowest BCUT2D eigenvalue weighted by molar-refractivity contribution is -0.149. The van der Waals surface area contributed by atoms with Gasteiger partial charge in [-0.2, -0.15) is 0 Å². The minimum atomic E-state index is -0.814. The van der Waals surface area contributed by atoms with Crippen molar-refractivity contribution in [3.05, 3.63) is 29.0 Å². The van der Waals surface area contributed by atoms with Crippen LogP contribution in [0.25, 0.3) is 11.0 Å². The van der Waals surface area contributed by atoms with Crippen molar-refractivity contribution in [2.45, 2.75) is 46.1 Å². The predicted molar refractivity (Wildman–Crippen MR) is 84.8 cm³/mol. The highest BCUT2D eigenvalue weighted by Crippen LogP contribution is 2.32. The zero-order valence-corrected chi connectivity index (χ0v) is 13.9. The summed E-state index contributed by atoms with van der Waals surface area (Å²) in [4.78, 5) is 16.9.